The molecule has 1 saturated heterocycles. The van der Waals surface area contributed by atoms with Crippen molar-refractivity contribution < 1.29 is 19.1 Å². The Kier molecular flexibility index (Phi) is 4.94. The van der Waals surface area contributed by atoms with Crippen molar-refractivity contribution in [1.29, 1.82) is 0 Å². The third-order valence-corrected chi connectivity index (χ3v) is 4.01. The molecule has 4 nitrogen and oxygen atoms in total. The van der Waals surface area contributed by atoms with Crippen LogP contribution in [0.4, 0.5) is 4.39 Å². The summed E-state index contributed by atoms with van der Waals surface area (Å²) < 4.78 is 13.1. The quantitative estimate of drug-likeness (QED) is 0.927. The Morgan fingerprint density at radius 2 is 2.05 bits per heavy atom. The highest BCUT2D eigenvalue weighted by Gasteiger charge is 2.29. The van der Waals surface area contributed by atoms with Crippen LogP contribution >= 0.6 is 0 Å². The Labute approximate surface area is 123 Å². The molecule has 1 unspecified atom stereocenters. The number of hydrogen-bond donors (Lipinski definition) is 1. The maximum Gasteiger partial charge on any atom is 0.306 e. The number of hydrogen-bond acceptors (Lipinski definition) is 2. The number of amides is 1. The zero-order valence-electron chi connectivity index (χ0n) is 12.1. The monoisotopic (exact) mass is 293 g/mol. The molecular weight excluding hydrogens is 273 g/mol. The molecule has 2 rings (SSSR count). The molecule has 1 aromatic rings. The van der Waals surface area contributed by atoms with Gasteiger partial charge in [0, 0.05) is 19.0 Å². The van der Waals surface area contributed by atoms with Crippen molar-refractivity contribution in [3.8, 4) is 0 Å². The fraction of sp³-hybridized carbons (Fsp3) is 0.500. The molecule has 0 spiro atoms. The maximum absolute atomic E-state index is 13.1. The van der Waals surface area contributed by atoms with Gasteiger partial charge in [-0.1, -0.05) is 19.1 Å². The molecule has 1 amide bonds. The number of rotatable bonds is 4. The Morgan fingerprint density at radius 3 is 2.62 bits per heavy atom. The summed E-state index contributed by atoms with van der Waals surface area (Å²) in [4.78, 5) is 25.0. The zero-order valence-corrected chi connectivity index (χ0v) is 12.1. The fourth-order valence-electron chi connectivity index (χ4n) is 2.76. The van der Waals surface area contributed by atoms with Crippen LogP contribution in [-0.2, 0) is 16.0 Å². The van der Waals surface area contributed by atoms with Crippen LogP contribution in [0.3, 0.4) is 0 Å². The molecule has 1 heterocycles. The smallest absolute Gasteiger partial charge is 0.306 e. The first-order valence-corrected chi connectivity index (χ1v) is 7.23. The standard InChI is InChI=1S/C16H20FNO3/c1-11(9-12-3-2-4-14(17)10-12)15(19)18-7-5-13(6-8-18)16(20)21/h2-4,10-11,13H,5-9H2,1H3,(H,20,21). The molecule has 1 atom stereocenters. The number of nitrogens with zero attached hydrogens (tertiary/aromatic N) is 1. The summed E-state index contributed by atoms with van der Waals surface area (Å²) in [5, 5.41) is 8.95. The number of carboxylic acid groups (broad SMARTS) is 1. The number of benzene rings is 1. The molecule has 1 fully saturated rings. The van der Waals surface area contributed by atoms with Gasteiger partial charge >= 0.3 is 5.97 Å². The molecule has 0 aliphatic carbocycles. The molecular formula is C16H20FNO3. The van der Waals surface area contributed by atoms with E-state index >= 15 is 0 Å². The number of halogens is 1. The lowest BCUT2D eigenvalue weighted by Gasteiger charge is -2.32. The number of piperidine rings is 1. The summed E-state index contributed by atoms with van der Waals surface area (Å²) in [6.45, 7) is 2.81. The summed E-state index contributed by atoms with van der Waals surface area (Å²) in [5.74, 6) is -1.63. The topological polar surface area (TPSA) is 57.6 Å². The van der Waals surface area contributed by atoms with Gasteiger partial charge in [0.15, 0.2) is 0 Å². The molecule has 1 N–H and O–H groups in total. The van der Waals surface area contributed by atoms with Crippen LogP contribution in [0.2, 0.25) is 0 Å². The van der Waals surface area contributed by atoms with Gasteiger partial charge in [-0.2, -0.15) is 0 Å². The second kappa shape index (κ2) is 6.70. The van der Waals surface area contributed by atoms with Crippen LogP contribution in [-0.4, -0.2) is 35.0 Å². The van der Waals surface area contributed by atoms with Crippen LogP contribution in [0, 0.1) is 17.7 Å². The molecule has 1 aliphatic heterocycles. The molecule has 0 radical (unpaired) electrons. The highest BCUT2D eigenvalue weighted by atomic mass is 19.1. The van der Waals surface area contributed by atoms with Gasteiger partial charge in [-0.25, -0.2) is 4.39 Å². The highest BCUT2D eigenvalue weighted by molar-refractivity contribution is 5.79. The predicted molar refractivity (Wildman–Crippen MR) is 76.2 cm³/mol. The van der Waals surface area contributed by atoms with Gasteiger partial charge in [0.1, 0.15) is 5.82 Å². The summed E-state index contributed by atoms with van der Waals surface area (Å²) in [5.41, 5.74) is 0.802. The summed E-state index contributed by atoms with van der Waals surface area (Å²) in [6.07, 6.45) is 1.51. The molecule has 114 valence electrons. The molecule has 1 aliphatic rings. The van der Waals surface area contributed by atoms with Crippen molar-refractivity contribution >= 4 is 11.9 Å². The first kappa shape index (κ1) is 15.5. The van der Waals surface area contributed by atoms with E-state index in [1.165, 1.54) is 12.1 Å². The van der Waals surface area contributed by atoms with E-state index in [1.807, 2.05) is 13.0 Å². The number of carboxylic acids is 1. The van der Waals surface area contributed by atoms with Crippen LogP contribution in [0.5, 0.6) is 0 Å². The van der Waals surface area contributed by atoms with Gasteiger partial charge in [0.25, 0.3) is 0 Å². The number of likely N-dealkylation sites (tertiary alicyclic amines) is 1. The lowest BCUT2D eigenvalue weighted by molar-refractivity contribution is -0.146. The Balaban J connectivity index is 1.90. The van der Waals surface area contributed by atoms with Crippen LogP contribution < -0.4 is 0 Å². The largest absolute Gasteiger partial charge is 0.481 e. The second-order valence-electron chi connectivity index (χ2n) is 5.67. The van der Waals surface area contributed by atoms with Crippen LogP contribution in [0.15, 0.2) is 24.3 Å². The third kappa shape index (κ3) is 4.03. The van der Waals surface area contributed by atoms with Crippen molar-refractivity contribution in [3.05, 3.63) is 35.6 Å². The Morgan fingerprint density at radius 1 is 1.38 bits per heavy atom. The average Bonchev–Trinajstić information content (AvgIpc) is 2.46. The van der Waals surface area contributed by atoms with Crippen molar-refractivity contribution in [1.82, 2.24) is 4.90 Å². The van der Waals surface area contributed by atoms with Crippen LogP contribution in [0.1, 0.15) is 25.3 Å². The van der Waals surface area contributed by atoms with Crippen molar-refractivity contribution in [3.63, 3.8) is 0 Å². The number of carbonyl (C=O) groups is 2. The lowest BCUT2D eigenvalue weighted by atomic mass is 9.94. The Bertz CT molecular complexity index is 524. The SMILES string of the molecule is CC(Cc1cccc(F)c1)C(=O)N1CCC(C(=O)O)CC1. The summed E-state index contributed by atoms with van der Waals surface area (Å²) in [7, 11) is 0. The van der Waals surface area contributed by atoms with E-state index in [0.717, 1.165) is 5.56 Å². The van der Waals surface area contributed by atoms with E-state index in [0.29, 0.717) is 32.4 Å². The van der Waals surface area contributed by atoms with E-state index in [9.17, 15) is 14.0 Å². The molecule has 0 saturated carbocycles. The molecule has 0 aromatic heterocycles. The highest BCUT2D eigenvalue weighted by Crippen LogP contribution is 2.20. The molecule has 5 heteroatoms. The summed E-state index contributed by atoms with van der Waals surface area (Å²) in [6, 6.07) is 6.27. The van der Waals surface area contributed by atoms with Crippen LogP contribution in [0.25, 0.3) is 0 Å². The van der Waals surface area contributed by atoms with E-state index in [4.69, 9.17) is 5.11 Å². The number of carbonyl (C=O) groups excluding carboxylic acids is 1. The molecule has 21 heavy (non-hydrogen) atoms. The normalized spacial score (nSPS) is 17.5. The van der Waals surface area contributed by atoms with Gasteiger partial charge < -0.3 is 10.0 Å². The molecule has 0 bridgehead atoms. The van der Waals surface area contributed by atoms with Crippen molar-refractivity contribution in [2.24, 2.45) is 11.8 Å². The minimum atomic E-state index is -0.782. The summed E-state index contributed by atoms with van der Waals surface area (Å²) >= 11 is 0. The lowest BCUT2D eigenvalue weighted by Crippen LogP contribution is -2.43. The van der Waals surface area contributed by atoms with E-state index in [1.54, 1.807) is 11.0 Å². The fourth-order valence-corrected chi connectivity index (χ4v) is 2.76. The van der Waals surface area contributed by atoms with Crippen molar-refractivity contribution in [2.45, 2.75) is 26.2 Å². The first-order valence-electron chi connectivity index (χ1n) is 7.23. The van der Waals surface area contributed by atoms with Gasteiger partial charge in [0.2, 0.25) is 5.91 Å². The minimum Gasteiger partial charge on any atom is -0.481 e. The zero-order chi connectivity index (χ0) is 15.4. The predicted octanol–water partition coefficient (Wildman–Crippen LogP) is 2.33. The minimum absolute atomic E-state index is 0.0168. The van der Waals surface area contributed by atoms with Gasteiger partial charge in [-0.3, -0.25) is 9.59 Å². The molecule has 1 aromatic carbocycles. The van der Waals surface area contributed by atoms with E-state index in [-0.39, 0.29) is 23.6 Å². The number of aliphatic carboxylic acids is 1. The van der Waals surface area contributed by atoms with Gasteiger partial charge in [0.05, 0.1) is 5.92 Å². The van der Waals surface area contributed by atoms with E-state index in [2.05, 4.69) is 0 Å². The first-order chi connectivity index (χ1) is 9.97. The third-order valence-electron chi connectivity index (χ3n) is 4.01. The van der Waals surface area contributed by atoms with Crippen molar-refractivity contribution in [2.75, 3.05) is 13.1 Å². The maximum atomic E-state index is 13.1. The van der Waals surface area contributed by atoms with Gasteiger partial charge in [-0.05, 0) is 37.0 Å². The van der Waals surface area contributed by atoms with E-state index < -0.39 is 5.97 Å². The Hall–Kier alpha value is -1.91. The average molecular weight is 293 g/mol. The second-order valence-corrected chi connectivity index (χ2v) is 5.67. The van der Waals surface area contributed by atoms with Gasteiger partial charge in [-0.15, -0.1) is 0 Å².